The third-order valence-corrected chi connectivity index (χ3v) is 4.95. The van der Waals surface area contributed by atoms with E-state index in [9.17, 15) is 25.0 Å². The average Bonchev–Trinajstić information content (AvgIpc) is 3.11. The van der Waals surface area contributed by atoms with Crippen molar-refractivity contribution in [1.82, 2.24) is 9.88 Å². The Morgan fingerprint density at radius 3 is 2.72 bits per heavy atom. The number of nitrogens with one attached hydrogen (secondary N) is 2. The number of likely N-dealkylation sites (tertiary alicyclic amines) is 1. The summed E-state index contributed by atoms with van der Waals surface area (Å²) in [7, 11) is 0. The van der Waals surface area contributed by atoms with Gasteiger partial charge in [0.15, 0.2) is 0 Å². The van der Waals surface area contributed by atoms with Gasteiger partial charge in [-0.25, -0.2) is 0 Å². The Morgan fingerprint density at radius 2 is 2.00 bits per heavy atom. The zero-order valence-electron chi connectivity index (χ0n) is 15.1. The topological polar surface area (TPSA) is 132 Å². The van der Waals surface area contributed by atoms with Crippen molar-refractivity contribution in [2.45, 2.75) is 0 Å². The second-order valence-electron chi connectivity index (χ2n) is 6.74. The van der Waals surface area contributed by atoms with E-state index in [1.54, 1.807) is 11.1 Å². The molecule has 2 N–H and O–H groups in total. The molecule has 2 aromatic carbocycles. The van der Waals surface area contributed by atoms with E-state index in [2.05, 4.69) is 10.3 Å². The minimum Gasteiger partial charge on any atom is -0.360 e. The van der Waals surface area contributed by atoms with Crippen LogP contribution in [0.4, 0.5) is 11.4 Å². The number of aromatic amines is 1. The van der Waals surface area contributed by atoms with Crippen LogP contribution in [0.15, 0.2) is 48.7 Å². The van der Waals surface area contributed by atoms with Gasteiger partial charge >= 0.3 is 0 Å². The lowest BCUT2D eigenvalue weighted by Gasteiger charge is -2.38. The van der Waals surface area contributed by atoms with Gasteiger partial charge in [-0.15, -0.1) is 0 Å². The summed E-state index contributed by atoms with van der Waals surface area (Å²) in [6, 6.07) is 13.0. The lowest BCUT2D eigenvalue weighted by Crippen LogP contribution is -2.54. The van der Waals surface area contributed by atoms with Crippen LogP contribution in [0.2, 0.25) is 0 Å². The Balaban J connectivity index is 1.41. The molecule has 0 radical (unpaired) electrons. The number of non-ortho nitro benzene ring substituents is 1. The second-order valence-corrected chi connectivity index (χ2v) is 6.74. The number of anilines is 1. The molecule has 1 aliphatic heterocycles. The maximum absolute atomic E-state index is 12.7. The van der Waals surface area contributed by atoms with Crippen LogP contribution in [0.1, 0.15) is 15.9 Å². The van der Waals surface area contributed by atoms with Crippen molar-refractivity contribution in [3.05, 3.63) is 69.9 Å². The number of nitriles is 1. The molecular weight excluding hydrogens is 374 g/mol. The number of benzene rings is 2. The Morgan fingerprint density at radius 1 is 1.24 bits per heavy atom. The molecule has 2 amide bonds. The van der Waals surface area contributed by atoms with Gasteiger partial charge in [0.1, 0.15) is 6.07 Å². The summed E-state index contributed by atoms with van der Waals surface area (Å²) in [6.07, 6.45) is 1.66. The quantitative estimate of drug-likeness (QED) is 0.523. The molecule has 0 saturated carbocycles. The first-order chi connectivity index (χ1) is 14.0. The third-order valence-electron chi connectivity index (χ3n) is 4.95. The number of nitro benzene ring substituents is 1. The predicted molar refractivity (Wildman–Crippen MR) is 104 cm³/mol. The highest BCUT2D eigenvalue weighted by Crippen LogP contribution is 2.26. The highest BCUT2D eigenvalue weighted by molar-refractivity contribution is 6.07. The number of hydrogen-bond donors (Lipinski definition) is 2. The molecule has 29 heavy (non-hydrogen) atoms. The summed E-state index contributed by atoms with van der Waals surface area (Å²) in [5.41, 5.74) is 1.43. The lowest BCUT2D eigenvalue weighted by atomic mass is 9.97. The number of para-hydroxylation sites is 1. The maximum atomic E-state index is 12.7. The fraction of sp³-hybridized carbons (Fsp3) is 0.150. The van der Waals surface area contributed by atoms with Gasteiger partial charge in [0.25, 0.3) is 11.6 Å². The second kappa shape index (κ2) is 7.09. The molecule has 3 aromatic rings. The number of H-pyrrole nitrogens is 1. The highest BCUT2D eigenvalue weighted by Gasteiger charge is 2.37. The van der Waals surface area contributed by atoms with Gasteiger partial charge in [-0.3, -0.25) is 19.7 Å². The number of nitrogens with zero attached hydrogens (tertiary/aromatic N) is 3. The van der Waals surface area contributed by atoms with Gasteiger partial charge in [-0.05, 0) is 12.1 Å². The molecule has 9 nitrogen and oxygen atoms in total. The van der Waals surface area contributed by atoms with Gasteiger partial charge in [-0.1, -0.05) is 18.2 Å². The molecule has 4 rings (SSSR count). The summed E-state index contributed by atoms with van der Waals surface area (Å²) >= 11 is 0. The van der Waals surface area contributed by atoms with Gasteiger partial charge in [0.2, 0.25) is 5.91 Å². The third kappa shape index (κ3) is 3.27. The smallest absolute Gasteiger partial charge is 0.270 e. The molecule has 0 atom stereocenters. The van der Waals surface area contributed by atoms with Gasteiger partial charge in [0, 0.05) is 42.3 Å². The van der Waals surface area contributed by atoms with Crippen LogP contribution in [-0.4, -0.2) is 39.7 Å². The number of amides is 2. The Kier molecular flexibility index (Phi) is 4.44. The Hall–Kier alpha value is -4.19. The average molecular weight is 389 g/mol. The van der Waals surface area contributed by atoms with Crippen molar-refractivity contribution >= 4 is 34.1 Å². The fourth-order valence-corrected chi connectivity index (χ4v) is 3.31. The summed E-state index contributed by atoms with van der Waals surface area (Å²) in [5.74, 6) is -0.899. The minimum absolute atomic E-state index is 0.0126. The maximum Gasteiger partial charge on any atom is 0.270 e. The van der Waals surface area contributed by atoms with E-state index in [1.807, 2.05) is 30.3 Å². The van der Waals surface area contributed by atoms with E-state index in [4.69, 9.17) is 0 Å². The number of carbonyl (C=O) groups excluding carboxylic acids is 2. The van der Waals surface area contributed by atoms with E-state index in [1.165, 1.54) is 12.1 Å². The van der Waals surface area contributed by atoms with Crippen LogP contribution >= 0.6 is 0 Å². The Bertz CT molecular complexity index is 1190. The van der Waals surface area contributed by atoms with Crippen molar-refractivity contribution in [1.29, 1.82) is 5.26 Å². The number of rotatable bonds is 4. The van der Waals surface area contributed by atoms with Gasteiger partial charge in [-0.2, -0.15) is 5.26 Å². The lowest BCUT2D eigenvalue weighted by molar-refractivity contribution is -0.384. The van der Waals surface area contributed by atoms with Crippen molar-refractivity contribution < 1.29 is 14.5 Å². The first-order valence-corrected chi connectivity index (χ1v) is 8.82. The summed E-state index contributed by atoms with van der Waals surface area (Å²) in [6.45, 7) is 0.526. The monoisotopic (exact) mass is 389 g/mol. The molecule has 1 aromatic heterocycles. The highest BCUT2D eigenvalue weighted by atomic mass is 16.6. The molecule has 9 heteroatoms. The van der Waals surface area contributed by atoms with E-state index in [0.717, 1.165) is 17.0 Å². The molecule has 0 bridgehead atoms. The summed E-state index contributed by atoms with van der Waals surface area (Å²) < 4.78 is 0. The molecule has 144 valence electrons. The molecule has 2 heterocycles. The molecule has 1 fully saturated rings. The number of hydrogen-bond acceptors (Lipinski definition) is 5. The van der Waals surface area contributed by atoms with Crippen LogP contribution in [0, 0.1) is 27.4 Å². The SMILES string of the molecule is N#Cc1cc([N+](=O)[O-])ccc1NC(=O)C1CN(C(=O)c2c[nH]c3ccccc23)C1. The van der Waals surface area contributed by atoms with Crippen LogP contribution in [0.25, 0.3) is 10.9 Å². The molecule has 0 spiro atoms. The standard InChI is InChI=1S/C20H15N5O4/c21-8-12-7-14(25(28)29)5-6-17(12)23-19(26)13-10-24(11-13)20(27)16-9-22-18-4-2-1-3-15(16)18/h1-7,9,13,22H,10-11H2,(H,23,26). The predicted octanol–water partition coefficient (Wildman–Crippen LogP) is 2.66. The molecule has 1 saturated heterocycles. The number of aromatic nitrogens is 1. The van der Waals surface area contributed by atoms with Crippen LogP contribution in [0.3, 0.4) is 0 Å². The normalized spacial score (nSPS) is 13.6. The fourth-order valence-electron chi connectivity index (χ4n) is 3.31. The van der Waals surface area contributed by atoms with E-state index >= 15 is 0 Å². The summed E-state index contributed by atoms with van der Waals surface area (Å²) in [4.78, 5) is 40.0. The van der Waals surface area contributed by atoms with Crippen LogP contribution in [0.5, 0.6) is 0 Å². The molecule has 0 aliphatic carbocycles. The molecule has 1 aliphatic rings. The summed E-state index contributed by atoms with van der Waals surface area (Å²) in [5, 5.41) is 23.4. The molecular formula is C20H15N5O4. The van der Waals surface area contributed by atoms with Crippen LogP contribution < -0.4 is 5.32 Å². The number of fused-ring (bicyclic) bond motifs is 1. The van der Waals surface area contributed by atoms with E-state index < -0.39 is 10.8 Å². The zero-order chi connectivity index (χ0) is 20.5. The van der Waals surface area contributed by atoms with Gasteiger partial charge < -0.3 is 15.2 Å². The first kappa shape index (κ1) is 18.2. The van der Waals surface area contributed by atoms with Crippen LogP contribution in [-0.2, 0) is 4.79 Å². The zero-order valence-corrected chi connectivity index (χ0v) is 15.1. The first-order valence-electron chi connectivity index (χ1n) is 8.82. The largest absolute Gasteiger partial charge is 0.360 e. The van der Waals surface area contributed by atoms with Gasteiger partial charge in [0.05, 0.1) is 27.7 Å². The minimum atomic E-state index is -0.605. The van der Waals surface area contributed by atoms with Crippen molar-refractivity contribution in [2.75, 3.05) is 18.4 Å². The van der Waals surface area contributed by atoms with E-state index in [0.29, 0.717) is 5.56 Å². The van der Waals surface area contributed by atoms with E-state index in [-0.39, 0.29) is 41.8 Å². The molecule has 0 unspecified atom stereocenters. The number of carbonyl (C=O) groups is 2. The number of nitro groups is 1. The Labute approximate surface area is 164 Å². The van der Waals surface area contributed by atoms with Crippen molar-refractivity contribution in [2.24, 2.45) is 5.92 Å². The van der Waals surface area contributed by atoms with Crippen molar-refractivity contribution in [3.8, 4) is 6.07 Å². The van der Waals surface area contributed by atoms with Crippen molar-refractivity contribution in [3.63, 3.8) is 0 Å².